The van der Waals surface area contributed by atoms with E-state index in [1.807, 2.05) is 0 Å². The van der Waals surface area contributed by atoms with Crippen LogP contribution >= 0.6 is 11.6 Å². The molecule has 2 heterocycles. The van der Waals surface area contributed by atoms with Crippen molar-refractivity contribution in [3.8, 4) is 0 Å². The van der Waals surface area contributed by atoms with Gasteiger partial charge in [0.2, 0.25) is 0 Å². The summed E-state index contributed by atoms with van der Waals surface area (Å²) in [5.41, 5.74) is -0.112. The summed E-state index contributed by atoms with van der Waals surface area (Å²) in [5, 5.41) is -0.0828. The first-order valence-electron chi connectivity index (χ1n) is 5.18. The largest absolute Gasteiger partial charge is 0.368 e. The molecule has 7 atom stereocenters. The van der Waals surface area contributed by atoms with Crippen LogP contribution in [0.2, 0.25) is 0 Å². The number of carbonyl (C=O) groups excluding carboxylic acids is 1. The second-order valence-corrected chi connectivity index (χ2v) is 5.61. The maximum absolute atomic E-state index is 12.0. The van der Waals surface area contributed by atoms with Gasteiger partial charge in [0, 0.05) is 17.8 Å². The number of ketones is 1. The molecule has 0 N–H and O–H groups in total. The molecule has 2 saturated heterocycles. The first-order chi connectivity index (χ1) is 6.64. The maximum atomic E-state index is 12.0. The van der Waals surface area contributed by atoms with Crippen LogP contribution in [-0.4, -0.2) is 22.9 Å². The molecule has 4 fully saturated rings. The zero-order valence-electron chi connectivity index (χ0n) is 7.81. The van der Waals surface area contributed by atoms with E-state index in [1.54, 1.807) is 0 Å². The summed E-state index contributed by atoms with van der Waals surface area (Å²) in [4.78, 5) is 12.0. The highest BCUT2D eigenvalue weighted by molar-refractivity contribution is 6.24. The molecule has 0 aromatic carbocycles. The van der Waals surface area contributed by atoms with Crippen LogP contribution in [0.15, 0.2) is 12.2 Å². The molecule has 2 saturated carbocycles. The molecule has 5 rings (SSSR count). The molecule has 0 aromatic heterocycles. The number of Topliss-reactive ketones (excluding diaryl/α,β-unsaturated/α-hetero) is 1. The van der Waals surface area contributed by atoms with Crippen LogP contribution in [0.4, 0.5) is 0 Å². The van der Waals surface area contributed by atoms with Crippen molar-refractivity contribution in [1.29, 1.82) is 0 Å². The molecular weight excluding hydrogens is 200 g/mol. The van der Waals surface area contributed by atoms with Gasteiger partial charge in [0.1, 0.15) is 5.78 Å². The standard InChI is InChI=1S/C11H11ClO2/c1-11-4-2-3-5(11)7-9(13)6(4)8(12)10(7)14-11/h2-8,10H,1H3. The third-order valence-corrected chi connectivity index (χ3v) is 5.20. The Bertz CT molecular complexity index is 373. The molecule has 3 aliphatic carbocycles. The molecule has 0 radical (unpaired) electrons. The van der Waals surface area contributed by atoms with Gasteiger partial charge in [0.05, 0.1) is 23.0 Å². The first-order valence-corrected chi connectivity index (χ1v) is 5.62. The summed E-state index contributed by atoms with van der Waals surface area (Å²) in [5.74, 6) is 0.968. The molecule has 0 amide bonds. The summed E-state index contributed by atoms with van der Waals surface area (Å²) >= 11 is 6.27. The summed E-state index contributed by atoms with van der Waals surface area (Å²) in [6.45, 7) is 2.14. The van der Waals surface area contributed by atoms with E-state index >= 15 is 0 Å². The van der Waals surface area contributed by atoms with Crippen molar-refractivity contribution < 1.29 is 9.53 Å². The lowest BCUT2D eigenvalue weighted by Crippen LogP contribution is -2.51. The lowest BCUT2D eigenvalue weighted by Gasteiger charge is -2.42. The van der Waals surface area contributed by atoms with Gasteiger partial charge in [-0.15, -0.1) is 11.6 Å². The molecule has 2 nitrogen and oxygen atoms in total. The van der Waals surface area contributed by atoms with Crippen molar-refractivity contribution in [1.82, 2.24) is 0 Å². The highest BCUT2D eigenvalue weighted by atomic mass is 35.5. The molecular formula is C11H11ClO2. The number of ether oxygens (including phenoxy) is 1. The quantitative estimate of drug-likeness (QED) is 0.446. The van der Waals surface area contributed by atoms with Gasteiger partial charge in [-0.05, 0) is 6.92 Å². The normalized spacial score (nSPS) is 67.1. The Kier molecular flexibility index (Phi) is 1.10. The van der Waals surface area contributed by atoms with Crippen LogP contribution in [0.5, 0.6) is 0 Å². The van der Waals surface area contributed by atoms with Crippen molar-refractivity contribution in [2.24, 2.45) is 23.7 Å². The topological polar surface area (TPSA) is 26.3 Å². The molecule has 0 spiro atoms. The van der Waals surface area contributed by atoms with Crippen LogP contribution in [0, 0.1) is 23.7 Å². The van der Waals surface area contributed by atoms with E-state index in [4.69, 9.17) is 16.3 Å². The highest BCUT2D eigenvalue weighted by Crippen LogP contribution is 2.65. The lowest BCUT2D eigenvalue weighted by atomic mass is 9.68. The fourth-order valence-corrected chi connectivity index (χ4v) is 4.57. The number of rotatable bonds is 0. The molecule has 6 bridgehead atoms. The second kappa shape index (κ2) is 1.96. The average molecular weight is 211 g/mol. The van der Waals surface area contributed by atoms with E-state index in [2.05, 4.69) is 19.1 Å². The van der Waals surface area contributed by atoms with Gasteiger partial charge < -0.3 is 4.74 Å². The molecule has 0 aromatic rings. The van der Waals surface area contributed by atoms with Crippen LogP contribution in [-0.2, 0) is 9.53 Å². The predicted octanol–water partition coefficient (Wildman–Crippen LogP) is 1.38. The fourth-order valence-electron chi connectivity index (χ4n) is 4.08. The summed E-state index contributed by atoms with van der Waals surface area (Å²) < 4.78 is 5.99. The van der Waals surface area contributed by atoms with Crippen molar-refractivity contribution in [3.05, 3.63) is 12.2 Å². The van der Waals surface area contributed by atoms with Crippen molar-refractivity contribution >= 4 is 17.4 Å². The Hall–Kier alpha value is -0.340. The molecule has 2 aliphatic heterocycles. The van der Waals surface area contributed by atoms with Crippen LogP contribution < -0.4 is 0 Å². The molecule has 5 aliphatic rings. The van der Waals surface area contributed by atoms with Crippen molar-refractivity contribution in [3.63, 3.8) is 0 Å². The van der Waals surface area contributed by atoms with Gasteiger partial charge in [-0.1, -0.05) is 12.2 Å². The molecule has 14 heavy (non-hydrogen) atoms. The molecule has 74 valence electrons. The number of hydrogen-bond donors (Lipinski definition) is 0. The highest BCUT2D eigenvalue weighted by Gasteiger charge is 2.74. The number of carbonyl (C=O) groups is 1. The fraction of sp³-hybridized carbons (Fsp3) is 0.727. The zero-order chi connectivity index (χ0) is 9.66. The Balaban J connectivity index is 1.99. The third kappa shape index (κ3) is 0.537. The van der Waals surface area contributed by atoms with Crippen LogP contribution in [0.25, 0.3) is 0 Å². The zero-order valence-corrected chi connectivity index (χ0v) is 8.57. The summed E-state index contributed by atoms with van der Waals surface area (Å²) in [6, 6.07) is 0. The number of halogens is 1. The second-order valence-electron chi connectivity index (χ2n) is 5.10. The monoisotopic (exact) mass is 210 g/mol. The minimum Gasteiger partial charge on any atom is -0.368 e. The van der Waals surface area contributed by atoms with Gasteiger partial charge in [-0.3, -0.25) is 4.79 Å². The van der Waals surface area contributed by atoms with Crippen LogP contribution in [0.3, 0.4) is 0 Å². The Labute approximate surface area is 87.3 Å². The summed E-state index contributed by atoms with van der Waals surface area (Å²) in [6.07, 6.45) is 4.32. The third-order valence-electron chi connectivity index (χ3n) is 4.68. The number of hydrogen-bond acceptors (Lipinski definition) is 2. The van der Waals surface area contributed by atoms with E-state index in [9.17, 15) is 4.79 Å². The Morgan fingerprint density at radius 3 is 2.71 bits per heavy atom. The molecule has 3 heteroatoms. The SMILES string of the molecule is CC12OC3C(Cl)C4C(=O)C3C1C=CC42. The van der Waals surface area contributed by atoms with Gasteiger partial charge in [0.25, 0.3) is 0 Å². The minimum absolute atomic E-state index is 0.00892. The van der Waals surface area contributed by atoms with Gasteiger partial charge in [-0.2, -0.15) is 0 Å². The van der Waals surface area contributed by atoms with E-state index in [0.717, 1.165) is 0 Å². The van der Waals surface area contributed by atoms with E-state index < -0.39 is 0 Å². The Morgan fingerprint density at radius 1 is 1.36 bits per heavy atom. The summed E-state index contributed by atoms with van der Waals surface area (Å²) in [7, 11) is 0. The van der Waals surface area contributed by atoms with Crippen molar-refractivity contribution in [2.45, 2.75) is 24.0 Å². The molecule has 7 unspecified atom stereocenters. The number of alkyl halides is 1. The van der Waals surface area contributed by atoms with Gasteiger partial charge in [-0.25, -0.2) is 0 Å². The maximum Gasteiger partial charge on any atom is 0.144 e. The first kappa shape index (κ1) is 7.89. The van der Waals surface area contributed by atoms with Gasteiger partial charge >= 0.3 is 0 Å². The van der Waals surface area contributed by atoms with E-state index in [-0.39, 0.29) is 34.8 Å². The van der Waals surface area contributed by atoms with E-state index in [0.29, 0.717) is 11.7 Å². The lowest BCUT2D eigenvalue weighted by molar-refractivity contribution is -0.137. The van der Waals surface area contributed by atoms with Crippen LogP contribution in [0.1, 0.15) is 6.92 Å². The average Bonchev–Trinajstić information content (AvgIpc) is 2.55. The minimum atomic E-state index is -0.112. The smallest absolute Gasteiger partial charge is 0.144 e. The van der Waals surface area contributed by atoms with Crippen molar-refractivity contribution in [2.75, 3.05) is 0 Å². The van der Waals surface area contributed by atoms with E-state index in [1.165, 1.54) is 0 Å². The Morgan fingerprint density at radius 2 is 2.00 bits per heavy atom. The predicted molar refractivity (Wildman–Crippen MR) is 51.0 cm³/mol. The van der Waals surface area contributed by atoms with Gasteiger partial charge in [0.15, 0.2) is 0 Å².